The van der Waals surface area contributed by atoms with Crippen LogP contribution in [-0.2, 0) is 14.8 Å². The van der Waals surface area contributed by atoms with Crippen molar-refractivity contribution in [3.8, 4) is 11.5 Å². The maximum Gasteiger partial charge on any atom is 0.248 e. The first kappa shape index (κ1) is 22.8. The molecule has 1 N–H and O–H groups in total. The number of nitrogens with one attached hydrogen (secondary N) is 1. The summed E-state index contributed by atoms with van der Waals surface area (Å²) in [5.74, 6) is 1.41. The third-order valence-corrected chi connectivity index (χ3v) is 7.25. The van der Waals surface area contributed by atoms with Crippen molar-refractivity contribution < 1.29 is 22.7 Å². The van der Waals surface area contributed by atoms with Gasteiger partial charge in [-0.3, -0.25) is 4.79 Å². The van der Waals surface area contributed by atoms with E-state index in [0.717, 1.165) is 18.4 Å². The van der Waals surface area contributed by atoms with Crippen LogP contribution in [0.1, 0.15) is 25.3 Å². The number of piperidine rings is 1. The van der Waals surface area contributed by atoms with Gasteiger partial charge >= 0.3 is 0 Å². The van der Waals surface area contributed by atoms with Crippen molar-refractivity contribution in [2.45, 2.75) is 24.7 Å². The molecule has 1 amide bonds. The molecular weight excluding hydrogens is 416 g/mol. The van der Waals surface area contributed by atoms with E-state index in [2.05, 4.69) is 12.2 Å². The Bertz CT molecular complexity index is 1040. The molecule has 3 rings (SSSR count). The molecule has 0 spiro atoms. The summed E-state index contributed by atoms with van der Waals surface area (Å²) >= 11 is 0. The molecule has 1 fully saturated rings. The Hall–Kier alpha value is -2.84. The topological polar surface area (TPSA) is 84.9 Å². The lowest BCUT2D eigenvalue weighted by molar-refractivity contribution is -0.111. The average molecular weight is 445 g/mol. The number of hydrogen-bond acceptors (Lipinski definition) is 5. The van der Waals surface area contributed by atoms with Crippen molar-refractivity contribution in [3.05, 3.63) is 54.1 Å². The summed E-state index contributed by atoms with van der Waals surface area (Å²) in [6, 6.07) is 11.6. The zero-order chi connectivity index (χ0) is 22.4. The monoisotopic (exact) mass is 444 g/mol. The molecule has 0 aromatic heterocycles. The van der Waals surface area contributed by atoms with Crippen LogP contribution in [-0.4, -0.2) is 45.9 Å². The van der Waals surface area contributed by atoms with Gasteiger partial charge in [-0.05, 0) is 66.8 Å². The Kier molecular flexibility index (Phi) is 7.35. The second-order valence-electron chi connectivity index (χ2n) is 7.55. The van der Waals surface area contributed by atoms with Gasteiger partial charge in [0.25, 0.3) is 0 Å². The minimum Gasteiger partial charge on any atom is -0.493 e. The third kappa shape index (κ3) is 5.65. The zero-order valence-electron chi connectivity index (χ0n) is 18.0. The minimum atomic E-state index is -3.50. The summed E-state index contributed by atoms with van der Waals surface area (Å²) in [7, 11) is -0.396. The fourth-order valence-corrected chi connectivity index (χ4v) is 4.87. The lowest BCUT2D eigenvalue weighted by Gasteiger charge is -2.29. The van der Waals surface area contributed by atoms with Gasteiger partial charge in [-0.1, -0.05) is 13.0 Å². The first-order valence-corrected chi connectivity index (χ1v) is 11.6. The average Bonchev–Trinajstić information content (AvgIpc) is 2.78. The summed E-state index contributed by atoms with van der Waals surface area (Å²) in [4.78, 5) is 12.5. The van der Waals surface area contributed by atoms with Crippen LogP contribution in [0, 0.1) is 5.92 Å². The van der Waals surface area contributed by atoms with Crippen molar-refractivity contribution in [1.82, 2.24) is 4.31 Å². The fraction of sp³-hybridized carbons (Fsp3) is 0.348. The molecule has 0 unspecified atom stereocenters. The normalized spacial score (nSPS) is 15.7. The second kappa shape index (κ2) is 9.98. The van der Waals surface area contributed by atoms with Crippen molar-refractivity contribution in [3.63, 3.8) is 0 Å². The molecule has 1 heterocycles. The molecule has 1 aliphatic heterocycles. The molecular formula is C23H28N2O5S. The Morgan fingerprint density at radius 1 is 1.03 bits per heavy atom. The van der Waals surface area contributed by atoms with E-state index in [4.69, 9.17) is 9.47 Å². The molecule has 2 aromatic rings. The highest BCUT2D eigenvalue weighted by Gasteiger charge is 2.27. The number of amides is 1. The molecule has 1 aliphatic rings. The Balaban J connectivity index is 1.63. The van der Waals surface area contributed by atoms with Gasteiger partial charge in [0, 0.05) is 24.9 Å². The molecule has 8 heteroatoms. The molecule has 31 heavy (non-hydrogen) atoms. The van der Waals surface area contributed by atoms with Gasteiger partial charge in [-0.15, -0.1) is 0 Å². The summed E-state index contributed by atoms with van der Waals surface area (Å²) in [6.45, 7) is 3.23. The molecule has 0 aliphatic carbocycles. The first-order valence-electron chi connectivity index (χ1n) is 10.1. The zero-order valence-corrected chi connectivity index (χ0v) is 18.8. The highest BCUT2D eigenvalue weighted by atomic mass is 32.2. The van der Waals surface area contributed by atoms with Crippen LogP contribution in [0.15, 0.2) is 53.4 Å². The number of rotatable bonds is 7. The maximum atomic E-state index is 12.8. The summed E-state index contributed by atoms with van der Waals surface area (Å²) in [6.07, 6.45) is 4.81. The molecule has 0 radical (unpaired) electrons. The fourth-order valence-electron chi connectivity index (χ4n) is 3.40. The van der Waals surface area contributed by atoms with Gasteiger partial charge in [0.2, 0.25) is 15.9 Å². The summed E-state index contributed by atoms with van der Waals surface area (Å²) in [5.41, 5.74) is 1.30. The second-order valence-corrected chi connectivity index (χ2v) is 9.49. The van der Waals surface area contributed by atoms with Crippen molar-refractivity contribution in [2.75, 3.05) is 32.6 Å². The summed E-state index contributed by atoms with van der Waals surface area (Å²) in [5, 5.41) is 2.74. The quantitative estimate of drug-likeness (QED) is 0.657. The smallest absolute Gasteiger partial charge is 0.248 e. The van der Waals surface area contributed by atoms with Crippen LogP contribution in [0.3, 0.4) is 0 Å². The lowest BCUT2D eigenvalue weighted by Crippen LogP contribution is -2.37. The van der Waals surface area contributed by atoms with Gasteiger partial charge in [-0.2, -0.15) is 4.31 Å². The van der Waals surface area contributed by atoms with Crippen molar-refractivity contribution >= 4 is 27.7 Å². The first-order chi connectivity index (χ1) is 14.8. The van der Waals surface area contributed by atoms with E-state index in [1.807, 2.05) is 6.07 Å². The molecule has 2 aromatic carbocycles. The van der Waals surface area contributed by atoms with Crippen LogP contribution in [0.5, 0.6) is 11.5 Å². The van der Waals surface area contributed by atoms with Gasteiger partial charge in [-0.25, -0.2) is 8.42 Å². The molecule has 0 atom stereocenters. The number of carbonyl (C=O) groups excluding carboxylic acids is 1. The predicted molar refractivity (Wildman–Crippen MR) is 121 cm³/mol. The van der Waals surface area contributed by atoms with Crippen LogP contribution in [0.4, 0.5) is 5.69 Å². The Labute approximate surface area is 183 Å². The third-order valence-electron chi connectivity index (χ3n) is 5.34. The van der Waals surface area contributed by atoms with Crippen LogP contribution < -0.4 is 14.8 Å². The molecule has 7 nitrogen and oxygen atoms in total. The standard InChI is InChI=1S/C23H28N2O5S/c1-17-12-14-25(15-13-17)31(27,28)20-8-6-19(7-9-20)24-23(26)11-5-18-4-10-21(29-2)22(16-18)30-3/h4-11,16-17H,12-15H2,1-3H3,(H,24,26). The Morgan fingerprint density at radius 2 is 1.68 bits per heavy atom. The van der Waals surface area contributed by atoms with Gasteiger partial charge in [0.15, 0.2) is 11.5 Å². The number of sulfonamides is 1. The number of carbonyl (C=O) groups is 1. The minimum absolute atomic E-state index is 0.237. The van der Waals surface area contributed by atoms with E-state index >= 15 is 0 Å². The van der Waals surface area contributed by atoms with Gasteiger partial charge < -0.3 is 14.8 Å². The van der Waals surface area contributed by atoms with E-state index in [0.29, 0.717) is 36.2 Å². The SMILES string of the molecule is COc1ccc(C=CC(=O)Nc2ccc(S(=O)(=O)N3CCC(C)CC3)cc2)cc1OC. The van der Waals surface area contributed by atoms with Crippen LogP contribution in [0.25, 0.3) is 6.08 Å². The number of ether oxygens (including phenoxy) is 2. The molecule has 0 saturated carbocycles. The number of hydrogen-bond donors (Lipinski definition) is 1. The molecule has 166 valence electrons. The van der Waals surface area contributed by atoms with E-state index in [1.54, 1.807) is 44.6 Å². The van der Waals surface area contributed by atoms with Crippen molar-refractivity contribution in [2.24, 2.45) is 5.92 Å². The highest BCUT2D eigenvalue weighted by Crippen LogP contribution is 2.28. The van der Waals surface area contributed by atoms with Crippen LogP contribution in [0.2, 0.25) is 0 Å². The molecule has 0 bridgehead atoms. The van der Waals surface area contributed by atoms with E-state index in [9.17, 15) is 13.2 Å². The molecule has 1 saturated heterocycles. The predicted octanol–water partition coefficient (Wildman–Crippen LogP) is 3.78. The summed E-state index contributed by atoms with van der Waals surface area (Å²) < 4.78 is 37.6. The maximum absolute atomic E-state index is 12.8. The van der Waals surface area contributed by atoms with Crippen LogP contribution >= 0.6 is 0 Å². The van der Waals surface area contributed by atoms with Crippen molar-refractivity contribution in [1.29, 1.82) is 0 Å². The van der Waals surface area contributed by atoms with E-state index < -0.39 is 10.0 Å². The van der Waals surface area contributed by atoms with E-state index in [-0.39, 0.29) is 10.8 Å². The lowest BCUT2D eigenvalue weighted by atomic mass is 10.0. The number of anilines is 1. The van der Waals surface area contributed by atoms with Gasteiger partial charge in [0.05, 0.1) is 19.1 Å². The highest BCUT2D eigenvalue weighted by molar-refractivity contribution is 7.89. The largest absolute Gasteiger partial charge is 0.493 e. The number of nitrogens with zero attached hydrogens (tertiary/aromatic N) is 1. The Morgan fingerprint density at radius 3 is 2.29 bits per heavy atom. The van der Waals surface area contributed by atoms with E-state index in [1.165, 1.54) is 22.5 Å². The van der Waals surface area contributed by atoms with Gasteiger partial charge in [0.1, 0.15) is 0 Å². The number of methoxy groups -OCH3 is 2. The number of benzene rings is 2.